The molecule has 2 N–H and O–H groups in total. The highest BCUT2D eigenvalue weighted by molar-refractivity contribution is 5.92. The second-order valence-electron chi connectivity index (χ2n) is 4.87. The Kier molecular flexibility index (Phi) is 6.51. The summed E-state index contributed by atoms with van der Waals surface area (Å²) in [6.45, 7) is 0.790. The Morgan fingerprint density at radius 1 is 1.08 bits per heavy atom. The Hall–Kier alpha value is -2.67. The van der Waals surface area contributed by atoms with Crippen molar-refractivity contribution in [3.8, 4) is 11.5 Å². The molecule has 2 rings (SSSR count). The van der Waals surface area contributed by atoms with Crippen LogP contribution in [0.25, 0.3) is 0 Å². The van der Waals surface area contributed by atoms with Crippen LogP contribution in [0.15, 0.2) is 42.5 Å². The number of carbonyl (C=O) groups excluding carboxylic acids is 1. The van der Waals surface area contributed by atoms with Gasteiger partial charge in [0, 0.05) is 12.6 Å². The lowest BCUT2D eigenvalue weighted by Gasteiger charge is -2.09. The highest BCUT2D eigenvalue weighted by Crippen LogP contribution is 2.16. The number of carbonyl (C=O) groups is 1. The second-order valence-corrected chi connectivity index (χ2v) is 4.87. The average Bonchev–Trinajstić information content (AvgIpc) is 2.57. The van der Waals surface area contributed by atoms with E-state index in [0.29, 0.717) is 25.0 Å². The van der Waals surface area contributed by atoms with Crippen molar-refractivity contribution in [1.82, 2.24) is 5.32 Å². The van der Waals surface area contributed by atoms with Crippen LogP contribution >= 0.6 is 0 Å². The maximum atomic E-state index is 13.4. The fourth-order valence-electron chi connectivity index (χ4n) is 1.90. The van der Waals surface area contributed by atoms with E-state index in [9.17, 15) is 13.6 Å². The molecule has 0 aliphatic rings. The molecule has 0 aliphatic heterocycles. The molecule has 2 aromatic carbocycles. The fraction of sp³-hybridized carbons (Fsp3) is 0.235. The molecule has 0 unspecified atom stereocenters. The maximum Gasteiger partial charge on any atom is 0.238 e. The molecule has 0 radical (unpaired) electrons. The summed E-state index contributed by atoms with van der Waals surface area (Å²) < 4.78 is 36.7. The highest BCUT2D eigenvalue weighted by Gasteiger charge is 2.07. The van der Waals surface area contributed by atoms with Crippen molar-refractivity contribution >= 4 is 11.6 Å². The van der Waals surface area contributed by atoms with E-state index in [1.54, 1.807) is 31.4 Å². The standard InChI is InChI=1S/C17H18F2N2O3/c1-23-13-3-5-14(6-4-13)24-9-8-20-11-17(22)21-16-7-2-12(18)10-15(16)19/h2-7,10,20H,8-9,11H2,1H3,(H,21,22). The van der Waals surface area contributed by atoms with E-state index in [0.717, 1.165) is 11.8 Å². The molecule has 0 bridgehead atoms. The van der Waals surface area contributed by atoms with Crippen molar-refractivity contribution in [1.29, 1.82) is 0 Å². The first-order valence-corrected chi connectivity index (χ1v) is 7.31. The first-order chi connectivity index (χ1) is 11.6. The van der Waals surface area contributed by atoms with Crippen LogP contribution in [0, 0.1) is 11.6 Å². The molecule has 24 heavy (non-hydrogen) atoms. The third kappa shape index (κ3) is 5.51. The maximum absolute atomic E-state index is 13.4. The van der Waals surface area contributed by atoms with Gasteiger partial charge in [0.15, 0.2) is 0 Å². The number of methoxy groups -OCH3 is 1. The number of ether oxygens (including phenoxy) is 2. The molecule has 1 amide bonds. The molecular weight excluding hydrogens is 318 g/mol. The molecule has 5 nitrogen and oxygen atoms in total. The van der Waals surface area contributed by atoms with Gasteiger partial charge in [0.2, 0.25) is 5.91 Å². The van der Waals surface area contributed by atoms with E-state index >= 15 is 0 Å². The number of benzene rings is 2. The summed E-state index contributed by atoms with van der Waals surface area (Å²) in [6, 6.07) is 10.1. The van der Waals surface area contributed by atoms with Gasteiger partial charge in [-0.05, 0) is 36.4 Å². The lowest BCUT2D eigenvalue weighted by Crippen LogP contribution is -2.31. The quantitative estimate of drug-likeness (QED) is 0.728. The third-order valence-corrected chi connectivity index (χ3v) is 3.10. The molecule has 0 saturated heterocycles. The molecule has 7 heteroatoms. The summed E-state index contributed by atoms with van der Waals surface area (Å²) in [6.07, 6.45) is 0. The number of amides is 1. The van der Waals surface area contributed by atoms with Crippen LogP contribution in [-0.2, 0) is 4.79 Å². The summed E-state index contributed by atoms with van der Waals surface area (Å²) in [4.78, 5) is 11.7. The van der Waals surface area contributed by atoms with E-state index in [4.69, 9.17) is 9.47 Å². The zero-order valence-electron chi connectivity index (χ0n) is 13.1. The number of nitrogens with one attached hydrogen (secondary N) is 2. The molecule has 128 valence electrons. The van der Waals surface area contributed by atoms with Gasteiger partial charge in [0.1, 0.15) is 29.7 Å². The SMILES string of the molecule is COc1ccc(OCCNCC(=O)Nc2ccc(F)cc2F)cc1. The molecule has 0 atom stereocenters. The van der Waals surface area contributed by atoms with Gasteiger partial charge in [-0.3, -0.25) is 4.79 Å². The molecule has 0 spiro atoms. The van der Waals surface area contributed by atoms with E-state index in [2.05, 4.69) is 10.6 Å². The van der Waals surface area contributed by atoms with Gasteiger partial charge in [0.05, 0.1) is 19.3 Å². The van der Waals surface area contributed by atoms with E-state index in [1.165, 1.54) is 6.07 Å². The van der Waals surface area contributed by atoms with E-state index < -0.39 is 17.5 Å². The molecule has 0 heterocycles. The minimum Gasteiger partial charge on any atom is -0.497 e. The number of halogens is 2. The summed E-state index contributed by atoms with van der Waals surface area (Å²) in [5.74, 6) is -0.504. The number of rotatable bonds is 8. The Morgan fingerprint density at radius 2 is 1.79 bits per heavy atom. The monoisotopic (exact) mass is 336 g/mol. The lowest BCUT2D eigenvalue weighted by atomic mass is 10.3. The van der Waals surface area contributed by atoms with Crippen LogP contribution < -0.4 is 20.1 Å². The fourth-order valence-corrected chi connectivity index (χ4v) is 1.90. The average molecular weight is 336 g/mol. The van der Waals surface area contributed by atoms with Crippen LogP contribution in [0.4, 0.5) is 14.5 Å². The number of anilines is 1. The van der Waals surface area contributed by atoms with Crippen LogP contribution in [0.3, 0.4) is 0 Å². The Bertz CT molecular complexity index is 678. The van der Waals surface area contributed by atoms with Crippen molar-refractivity contribution in [2.45, 2.75) is 0 Å². The van der Waals surface area contributed by atoms with Gasteiger partial charge in [-0.15, -0.1) is 0 Å². The predicted octanol–water partition coefficient (Wildman–Crippen LogP) is 2.58. The summed E-state index contributed by atoms with van der Waals surface area (Å²) in [5, 5.41) is 5.23. The van der Waals surface area contributed by atoms with Crippen LogP contribution in [0.1, 0.15) is 0 Å². The molecule has 0 aliphatic carbocycles. The van der Waals surface area contributed by atoms with Crippen molar-refractivity contribution in [2.75, 3.05) is 32.1 Å². The van der Waals surface area contributed by atoms with Gasteiger partial charge in [-0.25, -0.2) is 8.78 Å². The van der Waals surface area contributed by atoms with Crippen molar-refractivity contribution in [3.63, 3.8) is 0 Å². The van der Waals surface area contributed by atoms with Crippen LogP contribution in [0.5, 0.6) is 11.5 Å². The summed E-state index contributed by atoms with van der Waals surface area (Å²) in [7, 11) is 1.59. The zero-order valence-corrected chi connectivity index (χ0v) is 13.1. The molecule has 2 aromatic rings. The smallest absolute Gasteiger partial charge is 0.238 e. The largest absolute Gasteiger partial charge is 0.497 e. The molecule has 0 fully saturated rings. The first-order valence-electron chi connectivity index (χ1n) is 7.31. The molecule has 0 aromatic heterocycles. The predicted molar refractivity (Wildman–Crippen MR) is 86.3 cm³/mol. The zero-order chi connectivity index (χ0) is 17.4. The first kappa shape index (κ1) is 17.7. The van der Waals surface area contributed by atoms with Gasteiger partial charge in [-0.1, -0.05) is 0 Å². The Labute approximate surface area is 138 Å². The van der Waals surface area contributed by atoms with Crippen molar-refractivity contribution < 1.29 is 23.0 Å². The minimum atomic E-state index is -0.814. The van der Waals surface area contributed by atoms with E-state index in [-0.39, 0.29) is 12.2 Å². The molecule has 0 saturated carbocycles. The van der Waals surface area contributed by atoms with Gasteiger partial charge < -0.3 is 20.1 Å². The topological polar surface area (TPSA) is 59.6 Å². The van der Waals surface area contributed by atoms with Crippen molar-refractivity contribution in [3.05, 3.63) is 54.1 Å². The van der Waals surface area contributed by atoms with Crippen LogP contribution in [-0.4, -0.2) is 32.7 Å². The van der Waals surface area contributed by atoms with Gasteiger partial charge in [0.25, 0.3) is 0 Å². The third-order valence-electron chi connectivity index (χ3n) is 3.10. The highest BCUT2D eigenvalue weighted by atomic mass is 19.1. The normalized spacial score (nSPS) is 10.3. The second kappa shape index (κ2) is 8.83. The number of hydrogen-bond donors (Lipinski definition) is 2. The lowest BCUT2D eigenvalue weighted by molar-refractivity contribution is -0.115. The van der Waals surface area contributed by atoms with Crippen molar-refractivity contribution in [2.24, 2.45) is 0 Å². The Morgan fingerprint density at radius 3 is 2.46 bits per heavy atom. The van der Waals surface area contributed by atoms with Gasteiger partial charge in [-0.2, -0.15) is 0 Å². The number of hydrogen-bond acceptors (Lipinski definition) is 4. The van der Waals surface area contributed by atoms with Gasteiger partial charge >= 0.3 is 0 Å². The summed E-state index contributed by atoms with van der Waals surface area (Å²) >= 11 is 0. The van der Waals surface area contributed by atoms with E-state index in [1.807, 2.05) is 0 Å². The Balaban J connectivity index is 1.65. The summed E-state index contributed by atoms with van der Waals surface area (Å²) in [5.41, 5.74) is -0.0577. The minimum absolute atomic E-state index is 0.0111. The van der Waals surface area contributed by atoms with Crippen LogP contribution in [0.2, 0.25) is 0 Å². The molecular formula is C17H18F2N2O3.